The van der Waals surface area contributed by atoms with Crippen LogP contribution in [0, 0.1) is 0 Å². The van der Waals surface area contributed by atoms with Crippen LogP contribution in [-0.2, 0) is 5.41 Å². The zero-order chi connectivity index (χ0) is 35.1. The fourth-order valence-electron chi connectivity index (χ4n) is 8.19. The van der Waals surface area contributed by atoms with Crippen LogP contribution in [0.1, 0.15) is 25.0 Å². The van der Waals surface area contributed by atoms with Crippen LogP contribution in [-0.4, -0.2) is 0 Å². The number of hydrogen-bond acceptors (Lipinski definition) is 1. The largest absolute Gasteiger partial charge is 0.355 e. The summed E-state index contributed by atoms with van der Waals surface area (Å²) in [4.78, 5) is 0. The summed E-state index contributed by atoms with van der Waals surface area (Å²) in [5, 5.41) is 3.95. The molecule has 0 radical (unpaired) electrons. The van der Waals surface area contributed by atoms with Crippen LogP contribution < -0.4 is 5.32 Å². The van der Waals surface area contributed by atoms with E-state index in [1.165, 1.54) is 77.9 Å². The van der Waals surface area contributed by atoms with E-state index in [2.05, 4.69) is 213 Å². The molecule has 52 heavy (non-hydrogen) atoms. The summed E-state index contributed by atoms with van der Waals surface area (Å²) in [5.74, 6) is 0. The molecule has 0 amide bonds. The van der Waals surface area contributed by atoms with Gasteiger partial charge in [-0.3, -0.25) is 0 Å². The third kappa shape index (κ3) is 5.52. The van der Waals surface area contributed by atoms with E-state index < -0.39 is 0 Å². The highest BCUT2D eigenvalue weighted by atomic mass is 14.9. The smallest absolute Gasteiger partial charge is 0.0432 e. The Balaban J connectivity index is 1.21. The number of rotatable bonds is 7. The van der Waals surface area contributed by atoms with Gasteiger partial charge in [0.1, 0.15) is 0 Å². The summed E-state index contributed by atoms with van der Waals surface area (Å²) < 4.78 is 0. The molecule has 0 unspecified atom stereocenters. The lowest BCUT2D eigenvalue weighted by Crippen LogP contribution is -2.17. The molecule has 9 rings (SSSR count). The van der Waals surface area contributed by atoms with E-state index in [9.17, 15) is 0 Å². The van der Waals surface area contributed by atoms with Crippen LogP contribution >= 0.6 is 0 Å². The van der Waals surface area contributed by atoms with Crippen LogP contribution in [0.2, 0.25) is 0 Å². The Bertz CT molecular complexity index is 2530. The maximum absolute atomic E-state index is 3.95. The fourth-order valence-corrected chi connectivity index (χ4v) is 8.19. The number of hydrogen-bond donors (Lipinski definition) is 1. The van der Waals surface area contributed by atoms with Gasteiger partial charge in [-0.1, -0.05) is 184 Å². The zero-order valence-electron chi connectivity index (χ0n) is 29.5. The number of benzene rings is 8. The molecular weight excluding hydrogens is 627 g/mol. The van der Waals surface area contributed by atoms with Crippen molar-refractivity contribution < 1.29 is 0 Å². The van der Waals surface area contributed by atoms with Crippen molar-refractivity contribution in [2.45, 2.75) is 19.3 Å². The summed E-state index contributed by atoms with van der Waals surface area (Å²) in [6.07, 6.45) is 0. The molecule has 1 N–H and O–H groups in total. The van der Waals surface area contributed by atoms with E-state index in [-0.39, 0.29) is 5.41 Å². The quantitative estimate of drug-likeness (QED) is 0.179. The molecule has 0 aliphatic heterocycles. The predicted molar refractivity (Wildman–Crippen MR) is 221 cm³/mol. The molecular formula is C51H39N. The summed E-state index contributed by atoms with van der Waals surface area (Å²) in [6.45, 7) is 4.75. The average molecular weight is 666 g/mol. The highest BCUT2D eigenvalue weighted by molar-refractivity contribution is 5.99. The molecule has 0 saturated carbocycles. The average Bonchev–Trinajstić information content (AvgIpc) is 3.45. The number of anilines is 2. The second-order valence-electron chi connectivity index (χ2n) is 14.2. The molecule has 1 heteroatoms. The second kappa shape index (κ2) is 13.0. The van der Waals surface area contributed by atoms with Crippen molar-refractivity contribution >= 4 is 11.4 Å². The van der Waals surface area contributed by atoms with Crippen molar-refractivity contribution in [3.05, 3.63) is 205 Å². The molecule has 0 saturated heterocycles. The van der Waals surface area contributed by atoms with Gasteiger partial charge in [0, 0.05) is 16.8 Å². The van der Waals surface area contributed by atoms with Gasteiger partial charge < -0.3 is 5.32 Å². The molecule has 8 aromatic rings. The van der Waals surface area contributed by atoms with Crippen molar-refractivity contribution in [3.63, 3.8) is 0 Å². The monoisotopic (exact) mass is 665 g/mol. The lowest BCUT2D eigenvalue weighted by molar-refractivity contribution is 0.662. The molecule has 0 aromatic heterocycles. The first kappa shape index (κ1) is 31.5. The Labute approximate surface area is 306 Å². The van der Waals surface area contributed by atoms with Gasteiger partial charge in [-0.05, 0) is 102 Å². The maximum atomic E-state index is 3.95. The maximum Gasteiger partial charge on any atom is 0.0432 e. The molecule has 1 aliphatic rings. The number of fused-ring (bicyclic) bond motifs is 3. The van der Waals surface area contributed by atoms with Gasteiger partial charge in [-0.2, -0.15) is 0 Å². The highest BCUT2D eigenvalue weighted by Crippen LogP contribution is 2.56. The summed E-state index contributed by atoms with van der Waals surface area (Å²) >= 11 is 0. The third-order valence-corrected chi connectivity index (χ3v) is 10.7. The molecule has 248 valence electrons. The summed E-state index contributed by atoms with van der Waals surface area (Å²) in [6, 6.07) is 70.2. The van der Waals surface area contributed by atoms with Crippen molar-refractivity contribution in [1.29, 1.82) is 0 Å². The van der Waals surface area contributed by atoms with Crippen molar-refractivity contribution in [3.8, 4) is 66.8 Å². The van der Waals surface area contributed by atoms with E-state index in [1.54, 1.807) is 0 Å². The molecule has 0 spiro atoms. The number of nitrogens with one attached hydrogen (secondary N) is 1. The summed E-state index contributed by atoms with van der Waals surface area (Å²) in [7, 11) is 0. The Hall–Kier alpha value is -6.44. The van der Waals surface area contributed by atoms with Gasteiger partial charge in [0.05, 0.1) is 0 Å². The van der Waals surface area contributed by atoms with Crippen molar-refractivity contribution in [2.24, 2.45) is 0 Å². The van der Waals surface area contributed by atoms with Crippen LogP contribution in [0.4, 0.5) is 11.4 Å². The molecule has 0 atom stereocenters. The molecule has 8 aromatic carbocycles. The molecule has 1 aliphatic carbocycles. The first-order valence-corrected chi connectivity index (χ1v) is 18.1. The van der Waals surface area contributed by atoms with Gasteiger partial charge in [0.2, 0.25) is 0 Å². The topological polar surface area (TPSA) is 12.0 Å². The van der Waals surface area contributed by atoms with Gasteiger partial charge in [0.25, 0.3) is 0 Å². The fraction of sp³-hybridized carbons (Fsp3) is 0.0588. The molecule has 0 fully saturated rings. The van der Waals surface area contributed by atoms with E-state index >= 15 is 0 Å². The minimum Gasteiger partial charge on any atom is -0.355 e. The third-order valence-electron chi connectivity index (χ3n) is 10.7. The first-order chi connectivity index (χ1) is 25.6. The Morgan fingerprint density at radius 3 is 1.48 bits per heavy atom. The zero-order valence-corrected chi connectivity index (χ0v) is 29.5. The van der Waals surface area contributed by atoms with Gasteiger partial charge in [0.15, 0.2) is 0 Å². The Kier molecular flexibility index (Phi) is 7.90. The van der Waals surface area contributed by atoms with Crippen molar-refractivity contribution in [1.82, 2.24) is 0 Å². The summed E-state index contributed by atoms with van der Waals surface area (Å²) in [5.41, 5.74) is 19.5. The van der Waals surface area contributed by atoms with E-state index in [4.69, 9.17) is 0 Å². The minimum absolute atomic E-state index is 0.218. The van der Waals surface area contributed by atoms with Crippen LogP contribution in [0.25, 0.3) is 66.8 Å². The van der Waals surface area contributed by atoms with Gasteiger partial charge in [-0.15, -0.1) is 0 Å². The molecule has 0 heterocycles. The standard InChI is InChI=1S/C51H39N/c1-51(2)47-31-27-39(35-17-7-3-8-18-35)33-46(47)49-42(37-21-11-5-12-22-37)30-32-48(50(49)51)52-40-28-29-44(45(34-40)38-23-13-6-14-24-38)43-26-16-15-25-41(43)36-19-9-4-10-20-36/h3-34,52H,1-2H3. The Morgan fingerprint density at radius 2 is 0.846 bits per heavy atom. The van der Waals surface area contributed by atoms with Gasteiger partial charge >= 0.3 is 0 Å². The van der Waals surface area contributed by atoms with Crippen molar-refractivity contribution in [2.75, 3.05) is 5.32 Å². The Morgan fingerprint density at radius 1 is 0.346 bits per heavy atom. The van der Waals surface area contributed by atoms with Crippen LogP contribution in [0.15, 0.2) is 194 Å². The second-order valence-corrected chi connectivity index (χ2v) is 14.2. The molecule has 0 bridgehead atoms. The highest BCUT2D eigenvalue weighted by Gasteiger charge is 2.39. The van der Waals surface area contributed by atoms with Crippen LogP contribution in [0.5, 0.6) is 0 Å². The van der Waals surface area contributed by atoms with E-state index in [1.807, 2.05) is 0 Å². The lowest BCUT2D eigenvalue weighted by Gasteiger charge is -2.26. The first-order valence-electron chi connectivity index (χ1n) is 18.1. The van der Waals surface area contributed by atoms with Gasteiger partial charge in [-0.25, -0.2) is 0 Å². The lowest BCUT2D eigenvalue weighted by atomic mass is 9.80. The van der Waals surface area contributed by atoms with E-state index in [0.717, 1.165) is 11.4 Å². The van der Waals surface area contributed by atoms with Crippen LogP contribution in [0.3, 0.4) is 0 Å². The molecule has 1 nitrogen and oxygen atoms in total. The predicted octanol–water partition coefficient (Wildman–Crippen LogP) is 14.1. The van der Waals surface area contributed by atoms with E-state index in [0.29, 0.717) is 0 Å². The SMILES string of the molecule is CC1(C)c2ccc(-c3ccccc3)cc2-c2c(-c3ccccc3)ccc(Nc3ccc(-c4ccccc4-c4ccccc4)c(-c4ccccc4)c3)c21. The minimum atomic E-state index is -0.218. The normalized spacial score (nSPS) is 12.6.